The van der Waals surface area contributed by atoms with Gasteiger partial charge in [0, 0.05) is 12.4 Å². The fourth-order valence-electron chi connectivity index (χ4n) is 1.64. The van der Waals surface area contributed by atoms with Gasteiger partial charge in [-0.25, -0.2) is 0 Å². The molecule has 0 saturated heterocycles. The fraction of sp³-hybridized carbons (Fsp3) is 0.385. The summed E-state index contributed by atoms with van der Waals surface area (Å²) in [4.78, 5) is 8.44. The Morgan fingerprint density at radius 1 is 1.22 bits per heavy atom. The molecule has 0 aliphatic rings. The zero-order chi connectivity index (χ0) is 12.8. The standard InChI is InChI=1S/C13H16N2O2S/c16-11(3-6-18)9-17-8-10-1-2-12-13(7-10)15-5-4-14-12/h1-2,4-5,7,11,16,18H,3,6,8-9H2. The molecule has 1 unspecified atom stereocenters. The molecule has 0 aliphatic carbocycles. The molecule has 0 amide bonds. The van der Waals surface area contributed by atoms with Crippen LogP contribution in [0, 0.1) is 0 Å². The van der Waals surface area contributed by atoms with Gasteiger partial charge in [-0.05, 0) is 29.9 Å². The minimum Gasteiger partial charge on any atom is -0.391 e. The molecule has 0 bridgehead atoms. The number of aliphatic hydroxyl groups is 1. The van der Waals surface area contributed by atoms with E-state index in [0.29, 0.717) is 25.4 Å². The largest absolute Gasteiger partial charge is 0.391 e. The van der Waals surface area contributed by atoms with Crippen molar-refractivity contribution in [3.05, 3.63) is 36.2 Å². The lowest BCUT2D eigenvalue weighted by Crippen LogP contribution is -2.15. The Morgan fingerprint density at radius 3 is 2.78 bits per heavy atom. The van der Waals surface area contributed by atoms with E-state index >= 15 is 0 Å². The third-order valence-corrected chi connectivity index (χ3v) is 2.83. The van der Waals surface area contributed by atoms with Gasteiger partial charge in [0.1, 0.15) is 0 Å². The van der Waals surface area contributed by atoms with E-state index in [-0.39, 0.29) is 0 Å². The van der Waals surface area contributed by atoms with Crippen molar-refractivity contribution in [1.29, 1.82) is 0 Å². The summed E-state index contributed by atoms with van der Waals surface area (Å²) in [7, 11) is 0. The molecule has 1 aromatic heterocycles. The molecule has 0 spiro atoms. The topological polar surface area (TPSA) is 55.2 Å². The molecule has 1 atom stereocenters. The Balaban J connectivity index is 1.91. The van der Waals surface area contributed by atoms with Crippen molar-refractivity contribution >= 4 is 23.7 Å². The first kappa shape index (κ1) is 13.3. The zero-order valence-electron chi connectivity index (χ0n) is 9.99. The van der Waals surface area contributed by atoms with Crippen molar-refractivity contribution in [3.8, 4) is 0 Å². The van der Waals surface area contributed by atoms with Crippen molar-refractivity contribution in [2.45, 2.75) is 19.1 Å². The Kier molecular flexibility index (Phi) is 4.92. The molecule has 1 heterocycles. The van der Waals surface area contributed by atoms with Crippen LogP contribution >= 0.6 is 12.6 Å². The van der Waals surface area contributed by atoms with Crippen LogP contribution in [-0.4, -0.2) is 33.5 Å². The molecule has 1 aromatic carbocycles. The maximum absolute atomic E-state index is 9.50. The summed E-state index contributed by atoms with van der Waals surface area (Å²) in [6.07, 6.45) is 3.55. The first-order valence-electron chi connectivity index (χ1n) is 5.86. The lowest BCUT2D eigenvalue weighted by atomic mass is 10.2. The number of fused-ring (bicyclic) bond motifs is 1. The second-order valence-electron chi connectivity index (χ2n) is 4.06. The molecule has 4 nitrogen and oxygen atoms in total. The van der Waals surface area contributed by atoms with E-state index in [2.05, 4.69) is 22.6 Å². The van der Waals surface area contributed by atoms with Crippen LogP contribution in [0.5, 0.6) is 0 Å². The predicted molar refractivity (Wildman–Crippen MR) is 73.7 cm³/mol. The fourth-order valence-corrected chi connectivity index (χ4v) is 1.94. The van der Waals surface area contributed by atoms with Gasteiger partial charge in [-0.1, -0.05) is 6.07 Å². The highest BCUT2D eigenvalue weighted by molar-refractivity contribution is 7.80. The first-order valence-corrected chi connectivity index (χ1v) is 6.49. The van der Waals surface area contributed by atoms with E-state index in [1.165, 1.54) is 0 Å². The molecule has 0 saturated carbocycles. The minimum absolute atomic E-state index is 0.332. The normalized spacial score (nSPS) is 12.8. The number of aliphatic hydroxyl groups excluding tert-OH is 1. The lowest BCUT2D eigenvalue weighted by Gasteiger charge is -2.10. The monoisotopic (exact) mass is 264 g/mol. The third-order valence-electron chi connectivity index (χ3n) is 2.58. The quantitative estimate of drug-likeness (QED) is 0.782. The van der Waals surface area contributed by atoms with Gasteiger partial charge in [0.05, 0.1) is 30.4 Å². The summed E-state index contributed by atoms with van der Waals surface area (Å²) in [6.45, 7) is 0.801. The predicted octanol–water partition coefficient (Wildman–Crippen LogP) is 1.83. The summed E-state index contributed by atoms with van der Waals surface area (Å²) in [5.41, 5.74) is 2.76. The highest BCUT2D eigenvalue weighted by Gasteiger charge is 2.03. The molecule has 2 aromatic rings. The van der Waals surface area contributed by atoms with E-state index in [0.717, 1.165) is 16.6 Å². The van der Waals surface area contributed by atoms with Crippen molar-refractivity contribution < 1.29 is 9.84 Å². The number of hydrogen-bond donors (Lipinski definition) is 2. The zero-order valence-corrected chi connectivity index (χ0v) is 10.9. The Morgan fingerprint density at radius 2 is 2.00 bits per heavy atom. The summed E-state index contributed by atoms with van der Waals surface area (Å²) < 4.78 is 5.45. The number of thiol groups is 1. The van der Waals surface area contributed by atoms with Gasteiger partial charge in [-0.3, -0.25) is 9.97 Å². The Labute approximate surface area is 111 Å². The summed E-state index contributed by atoms with van der Waals surface area (Å²) in [5, 5.41) is 9.50. The number of ether oxygens (including phenoxy) is 1. The van der Waals surface area contributed by atoms with Crippen molar-refractivity contribution in [1.82, 2.24) is 9.97 Å². The summed E-state index contributed by atoms with van der Waals surface area (Å²) in [5.74, 6) is 0.663. The highest BCUT2D eigenvalue weighted by atomic mass is 32.1. The molecular formula is C13H16N2O2S. The maximum Gasteiger partial charge on any atom is 0.0890 e. The van der Waals surface area contributed by atoms with Crippen molar-refractivity contribution in [2.24, 2.45) is 0 Å². The Bertz CT molecular complexity index is 507. The van der Waals surface area contributed by atoms with Crippen LogP contribution in [0.3, 0.4) is 0 Å². The SMILES string of the molecule is OC(CCS)COCc1ccc2nccnc2c1. The molecule has 96 valence electrons. The van der Waals surface area contributed by atoms with Gasteiger partial charge in [0.25, 0.3) is 0 Å². The molecule has 2 rings (SSSR count). The second kappa shape index (κ2) is 6.68. The second-order valence-corrected chi connectivity index (χ2v) is 4.51. The number of hydrogen-bond acceptors (Lipinski definition) is 5. The average molecular weight is 264 g/mol. The third kappa shape index (κ3) is 3.66. The Hall–Kier alpha value is -1.17. The molecule has 18 heavy (non-hydrogen) atoms. The van der Waals surface area contributed by atoms with Crippen LogP contribution in [0.4, 0.5) is 0 Å². The van der Waals surface area contributed by atoms with Crippen molar-refractivity contribution in [2.75, 3.05) is 12.4 Å². The summed E-state index contributed by atoms with van der Waals surface area (Å²) >= 11 is 4.06. The van der Waals surface area contributed by atoms with Crippen LogP contribution in [0.2, 0.25) is 0 Å². The van der Waals surface area contributed by atoms with Gasteiger partial charge in [-0.15, -0.1) is 0 Å². The smallest absolute Gasteiger partial charge is 0.0890 e. The first-order chi connectivity index (χ1) is 8.79. The van der Waals surface area contributed by atoms with Crippen LogP contribution in [0.15, 0.2) is 30.6 Å². The van der Waals surface area contributed by atoms with Crippen LogP contribution < -0.4 is 0 Å². The van der Waals surface area contributed by atoms with Gasteiger partial charge in [-0.2, -0.15) is 12.6 Å². The van der Waals surface area contributed by atoms with E-state index in [1.807, 2.05) is 18.2 Å². The number of benzene rings is 1. The molecule has 0 radical (unpaired) electrons. The molecule has 0 fully saturated rings. The van der Waals surface area contributed by atoms with Gasteiger partial charge in [0.2, 0.25) is 0 Å². The highest BCUT2D eigenvalue weighted by Crippen LogP contribution is 2.11. The van der Waals surface area contributed by atoms with Crippen molar-refractivity contribution in [3.63, 3.8) is 0 Å². The van der Waals surface area contributed by atoms with E-state index in [9.17, 15) is 5.11 Å². The van der Waals surface area contributed by atoms with Gasteiger partial charge in [0.15, 0.2) is 0 Å². The van der Waals surface area contributed by atoms with Gasteiger partial charge >= 0.3 is 0 Å². The van der Waals surface area contributed by atoms with Crippen LogP contribution in [0.1, 0.15) is 12.0 Å². The number of aromatic nitrogens is 2. The van der Waals surface area contributed by atoms with Crippen LogP contribution in [0.25, 0.3) is 11.0 Å². The lowest BCUT2D eigenvalue weighted by molar-refractivity contribution is 0.0275. The molecule has 5 heteroatoms. The molecule has 1 N–H and O–H groups in total. The van der Waals surface area contributed by atoms with E-state index < -0.39 is 6.10 Å². The van der Waals surface area contributed by atoms with E-state index in [4.69, 9.17) is 4.74 Å². The molecule has 0 aliphatic heterocycles. The average Bonchev–Trinajstić information content (AvgIpc) is 2.39. The number of nitrogens with zero attached hydrogens (tertiary/aromatic N) is 2. The van der Waals surface area contributed by atoms with Gasteiger partial charge < -0.3 is 9.84 Å². The number of rotatable bonds is 6. The molecular weight excluding hydrogens is 248 g/mol. The summed E-state index contributed by atoms with van der Waals surface area (Å²) in [6, 6.07) is 5.83. The van der Waals surface area contributed by atoms with E-state index in [1.54, 1.807) is 12.4 Å². The maximum atomic E-state index is 9.50. The minimum atomic E-state index is -0.442. The van der Waals surface area contributed by atoms with Crippen LogP contribution in [-0.2, 0) is 11.3 Å².